The van der Waals surface area contributed by atoms with Gasteiger partial charge < -0.3 is 5.11 Å². The van der Waals surface area contributed by atoms with E-state index in [1.54, 1.807) is 0 Å². The van der Waals surface area contributed by atoms with Crippen LogP contribution in [-0.2, 0) is 4.79 Å². The van der Waals surface area contributed by atoms with Crippen molar-refractivity contribution in [1.82, 2.24) is 0 Å². The van der Waals surface area contributed by atoms with Crippen molar-refractivity contribution in [2.24, 2.45) is 5.92 Å². The van der Waals surface area contributed by atoms with Gasteiger partial charge in [0.1, 0.15) is 0 Å². The van der Waals surface area contributed by atoms with E-state index in [1.807, 2.05) is 0 Å². The van der Waals surface area contributed by atoms with Gasteiger partial charge in [-0.1, -0.05) is 12.8 Å². The van der Waals surface area contributed by atoms with Gasteiger partial charge in [-0.3, -0.25) is 4.79 Å². The Kier molecular flexibility index (Phi) is 3.95. The van der Waals surface area contributed by atoms with Crippen LogP contribution in [-0.4, -0.2) is 21.6 Å². The molecule has 0 bridgehead atoms. The predicted octanol–water partition coefficient (Wildman–Crippen LogP) is 3.31. The first-order valence-corrected chi connectivity index (χ1v) is 7.08. The maximum atomic E-state index is 10.8. The van der Waals surface area contributed by atoms with Crippen LogP contribution < -0.4 is 0 Å². The highest BCUT2D eigenvalue weighted by atomic mass is 32.2. The molecule has 0 radical (unpaired) electrons. The van der Waals surface area contributed by atoms with Gasteiger partial charge in [0.2, 0.25) is 0 Å². The van der Waals surface area contributed by atoms with Crippen molar-refractivity contribution in [3.63, 3.8) is 0 Å². The highest BCUT2D eigenvalue weighted by Crippen LogP contribution is 2.39. The largest absolute Gasteiger partial charge is 0.481 e. The van der Waals surface area contributed by atoms with Crippen LogP contribution in [0.4, 0.5) is 0 Å². The lowest BCUT2D eigenvalue weighted by atomic mass is 9.89. The fourth-order valence-corrected chi connectivity index (χ4v) is 4.44. The van der Waals surface area contributed by atoms with Gasteiger partial charge >= 0.3 is 5.97 Å². The van der Waals surface area contributed by atoms with Gasteiger partial charge in [-0.2, -0.15) is 11.8 Å². The summed E-state index contributed by atoms with van der Waals surface area (Å²) in [6, 6.07) is 0. The molecular weight excluding hydrogens is 208 g/mol. The van der Waals surface area contributed by atoms with Gasteiger partial charge in [0.25, 0.3) is 0 Å². The van der Waals surface area contributed by atoms with Crippen molar-refractivity contribution < 1.29 is 9.90 Å². The molecule has 2 nitrogen and oxygen atoms in total. The Bertz CT molecular complexity index is 216. The summed E-state index contributed by atoms with van der Waals surface area (Å²) in [5.74, 6) is -0.634. The first kappa shape index (κ1) is 11.3. The third-order valence-electron chi connectivity index (χ3n) is 3.71. The summed E-state index contributed by atoms with van der Waals surface area (Å²) in [6.45, 7) is 0. The molecule has 0 atom stereocenters. The molecule has 2 saturated carbocycles. The van der Waals surface area contributed by atoms with Crippen LogP contribution in [0.15, 0.2) is 0 Å². The van der Waals surface area contributed by atoms with E-state index >= 15 is 0 Å². The van der Waals surface area contributed by atoms with Gasteiger partial charge in [0.05, 0.1) is 5.92 Å². The lowest BCUT2D eigenvalue weighted by Crippen LogP contribution is -2.23. The summed E-state index contributed by atoms with van der Waals surface area (Å²) < 4.78 is 0. The molecule has 0 heterocycles. The van der Waals surface area contributed by atoms with Crippen LogP contribution in [0.25, 0.3) is 0 Å². The molecule has 0 aromatic heterocycles. The van der Waals surface area contributed by atoms with E-state index in [1.165, 1.54) is 25.7 Å². The zero-order valence-corrected chi connectivity index (χ0v) is 9.97. The van der Waals surface area contributed by atoms with Gasteiger partial charge in [0.15, 0.2) is 0 Å². The molecule has 1 N–H and O–H groups in total. The average Bonchev–Trinajstić information content (AvgIpc) is 2.71. The summed E-state index contributed by atoms with van der Waals surface area (Å²) in [5, 5.41) is 10.5. The summed E-state index contributed by atoms with van der Waals surface area (Å²) in [4.78, 5) is 10.8. The van der Waals surface area contributed by atoms with Crippen LogP contribution in [0.2, 0.25) is 0 Å². The Hall–Kier alpha value is -0.180. The molecule has 0 spiro atoms. The fraction of sp³-hybridized carbons (Fsp3) is 0.917. The van der Waals surface area contributed by atoms with E-state index < -0.39 is 5.97 Å². The molecule has 15 heavy (non-hydrogen) atoms. The molecule has 0 aromatic rings. The zero-order valence-electron chi connectivity index (χ0n) is 9.15. The molecule has 2 aliphatic carbocycles. The van der Waals surface area contributed by atoms with E-state index in [0.29, 0.717) is 0 Å². The zero-order chi connectivity index (χ0) is 10.7. The van der Waals surface area contributed by atoms with Crippen molar-refractivity contribution in [2.75, 3.05) is 0 Å². The Morgan fingerprint density at radius 2 is 1.47 bits per heavy atom. The molecule has 2 aliphatic rings. The second-order valence-electron chi connectivity index (χ2n) is 4.85. The SMILES string of the molecule is O=C(O)C1CCC(SC2CCCC2)CC1. The number of thioether (sulfide) groups is 1. The van der Waals surface area contributed by atoms with Gasteiger partial charge in [-0.15, -0.1) is 0 Å². The second-order valence-corrected chi connectivity index (χ2v) is 6.46. The van der Waals surface area contributed by atoms with Gasteiger partial charge in [-0.25, -0.2) is 0 Å². The molecule has 0 aliphatic heterocycles. The Morgan fingerprint density at radius 3 is 2.00 bits per heavy atom. The van der Waals surface area contributed by atoms with Crippen LogP contribution >= 0.6 is 11.8 Å². The number of carboxylic acid groups (broad SMARTS) is 1. The van der Waals surface area contributed by atoms with Crippen LogP contribution in [0, 0.1) is 5.92 Å². The Labute approximate surface area is 95.8 Å². The van der Waals surface area contributed by atoms with Gasteiger partial charge in [0, 0.05) is 10.5 Å². The summed E-state index contributed by atoms with van der Waals surface area (Å²) >= 11 is 2.15. The number of hydrogen-bond donors (Lipinski definition) is 1. The highest BCUT2D eigenvalue weighted by molar-refractivity contribution is 8.00. The number of hydrogen-bond acceptors (Lipinski definition) is 2. The van der Waals surface area contributed by atoms with Crippen LogP contribution in [0.5, 0.6) is 0 Å². The Balaban J connectivity index is 1.71. The topological polar surface area (TPSA) is 37.3 Å². The number of rotatable bonds is 3. The minimum atomic E-state index is -0.584. The molecular formula is C12H20O2S. The Morgan fingerprint density at radius 1 is 0.933 bits per heavy atom. The number of carboxylic acids is 1. The minimum absolute atomic E-state index is 0.0505. The third kappa shape index (κ3) is 3.13. The van der Waals surface area contributed by atoms with Crippen molar-refractivity contribution in [1.29, 1.82) is 0 Å². The van der Waals surface area contributed by atoms with Crippen molar-refractivity contribution in [3.05, 3.63) is 0 Å². The molecule has 86 valence electrons. The monoisotopic (exact) mass is 228 g/mol. The third-order valence-corrected chi connectivity index (χ3v) is 5.42. The molecule has 0 saturated heterocycles. The first-order valence-electron chi connectivity index (χ1n) is 6.14. The second kappa shape index (κ2) is 5.24. The summed E-state index contributed by atoms with van der Waals surface area (Å²) in [5.41, 5.74) is 0. The van der Waals surface area contributed by atoms with Crippen LogP contribution in [0.1, 0.15) is 51.4 Å². The molecule has 0 amide bonds. The van der Waals surface area contributed by atoms with E-state index in [4.69, 9.17) is 5.11 Å². The number of aliphatic carboxylic acids is 1. The summed E-state index contributed by atoms with van der Waals surface area (Å²) in [7, 11) is 0. The van der Waals surface area contributed by atoms with Crippen LogP contribution in [0.3, 0.4) is 0 Å². The normalized spacial score (nSPS) is 33.1. The van der Waals surface area contributed by atoms with E-state index in [9.17, 15) is 4.79 Å². The average molecular weight is 228 g/mol. The quantitative estimate of drug-likeness (QED) is 0.805. The molecule has 2 rings (SSSR count). The molecule has 2 fully saturated rings. The maximum absolute atomic E-state index is 10.8. The minimum Gasteiger partial charge on any atom is -0.481 e. The molecule has 3 heteroatoms. The van der Waals surface area contributed by atoms with Crippen molar-refractivity contribution >= 4 is 17.7 Å². The highest BCUT2D eigenvalue weighted by Gasteiger charge is 2.28. The maximum Gasteiger partial charge on any atom is 0.306 e. The van der Waals surface area contributed by atoms with Gasteiger partial charge in [-0.05, 0) is 38.5 Å². The fourth-order valence-electron chi connectivity index (χ4n) is 2.74. The molecule has 0 unspecified atom stereocenters. The summed E-state index contributed by atoms with van der Waals surface area (Å²) in [6.07, 6.45) is 9.65. The smallest absolute Gasteiger partial charge is 0.306 e. The lowest BCUT2D eigenvalue weighted by Gasteiger charge is -2.27. The van der Waals surface area contributed by atoms with Crippen molar-refractivity contribution in [2.45, 2.75) is 61.9 Å². The predicted molar refractivity (Wildman–Crippen MR) is 63.2 cm³/mol. The van der Waals surface area contributed by atoms with E-state index in [0.717, 1.165) is 36.2 Å². The van der Waals surface area contributed by atoms with E-state index in [2.05, 4.69) is 11.8 Å². The van der Waals surface area contributed by atoms with E-state index in [-0.39, 0.29) is 5.92 Å². The standard InChI is InChI=1S/C12H20O2S/c13-12(14)9-5-7-11(8-6-9)15-10-3-1-2-4-10/h9-11H,1-8H2,(H,13,14). The number of carbonyl (C=O) groups is 1. The van der Waals surface area contributed by atoms with Crippen molar-refractivity contribution in [3.8, 4) is 0 Å². The first-order chi connectivity index (χ1) is 7.25. The molecule has 0 aromatic carbocycles. The lowest BCUT2D eigenvalue weighted by molar-refractivity contribution is -0.142.